The molecule has 0 aliphatic carbocycles. The number of hydrogen-bond acceptors (Lipinski definition) is 5. The highest BCUT2D eigenvalue weighted by molar-refractivity contribution is 7.93. The molecule has 0 spiro atoms. The summed E-state index contributed by atoms with van der Waals surface area (Å²) in [6.07, 6.45) is 1.80. The molecule has 1 aliphatic heterocycles. The maximum Gasteiger partial charge on any atom is 0.264 e. The van der Waals surface area contributed by atoms with Gasteiger partial charge in [-0.05, 0) is 61.9 Å². The molecule has 4 aromatic rings. The quantitative estimate of drug-likeness (QED) is 0.361. The molecule has 0 radical (unpaired) electrons. The third kappa shape index (κ3) is 5.76. The summed E-state index contributed by atoms with van der Waals surface area (Å²) in [6.45, 7) is 4.07. The molecule has 1 aliphatic rings. The van der Waals surface area contributed by atoms with Crippen molar-refractivity contribution in [3.8, 4) is 0 Å². The molecule has 5 rings (SSSR count). The Morgan fingerprint density at radius 2 is 1.67 bits per heavy atom. The lowest BCUT2D eigenvalue weighted by molar-refractivity contribution is 0.0491. The highest BCUT2D eigenvalue weighted by Gasteiger charge is 2.28. The fourth-order valence-corrected chi connectivity index (χ4v) is 6.17. The molecule has 1 aromatic heterocycles. The van der Waals surface area contributed by atoms with Crippen LogP contribution in [-0.4, -0.2) is 61.3 Å². The predicted octanol–water partition coefficient (Wildman–Crippen LogP) is 4.70. The van der Waals surface area contributed by atoms with Crippen molar-refractivity contribution < 1.29 is 22.0 Å². The summed E-state index contributed by atoms with van der Waals surface area (Å²) in [5, 5.41) is 0.718. The SMILES string of the molecule is C[C@@H]1CN(CCc2c(F)cccc2F)CCN1C(=O)c1ccc(NS(=O)(=O)c2cccc3cccnc23)cc1. The number of anilines is 1. The fraction of sp³-hybridized carbons (Fsp3) is 0.241. The van der Waals surface area contributed by atoms with Gasteiger partial charge in [0.15, 0.2) is 0 Å². The molecule has 2 heterocycles. The number of piperazine rings is 1. The number of benzene rings is 3. The largest absolute Gasteiger partial charge is 0.333 e. The van der Waals surface area contributed by atoms with Crippen LogP contribution in [0.5, 0.6) is 0 Å². The summed E-state index contributed by atoms with van der Waals surface area (Å²) < 4.78 is 56.6. The number of hydrogen-bond donors (Lipinski definition) is 1. The lowest BCUT2D eigenvalue weighted by atomic mass is 10.1. The Kier molecular flexibility index (Phi) is 7.58. The van der Waals surface area contributed by atoms with Crippen LogP contribution >= 0.6 is 0 Å². The van der Waals surface area contributed by atoms with Gasteiger partial charge < -0.3 is 4.90 Å². The van der Waals surface area contributed by atoms with Crippen LogP contribution in [0.25, 0.3) is 10.9 Å². The molecule has 0 saturated carbocycles. The second-order valence-corrected chi connectivity index (χ2v) is 11.3. The van der Waals surface area contributed by atoms with Crippen LogP contribution < -0.4 is 4.72 Å². The zero-order chi connectivity index (χ0) is 27.6. The number of para-hydroxylation sites is 1. The minimum absolute atomic E-state index is 0.0742. The summed E-state index contributed by atoms with van der Waals surface area (Å²) in [5.74, 6) is -1.25. The van der Waals surface area contributed by atoms with Gasteiger partial charge in [-0.3, -0.25) is 19.4 Å². The number of fused-ring (bicyclic) bond motifs is 1. The number of carbonyl (C=O) groups excluding carboxylic acids is 1. The number of nitrogens with zero attached hydrogens (tertiary/aromatic N) is 3. The van der Waals surface area contributed by atoms with Crippen molar-refractivity contribution in [1.29, 1.82) is 0 Å². The summed E-state index contributed by atoms with van der Waals surface area (Å²) in [7, 11) is -3.90. The molecule has 1 N–H and O–H groups in total. The number of carbonyl (C=O) groups is 1. The molecule has 202 valence electrons. The van der Waals surface area contributed by atoms with Crippen molar-refractivity contribution in [3.63, 3.8) is 0 Å². The maximum atomic E-state index is 14.0. The van der Waals surface area contributed by atoms with Crippen LogP contribution in [0.2, 0.25) is 0 Å². The van der Waals surface area contributed by atoms with Crippen molar-refractivity contribution in [2.75, 3.05) is 30.9 Å². The summed E-state index contributed by atoms with van der Waals surface area (Å²) in [5.41, 5.74) is 1.23. The van der Waals surface area contributed by atoms with Crippen LogP contribution in [0.1, 0.15) is 22.8 Å². The van der Waals surface area contributed by atoms with E-state index in [0.29, 0.717) is 42.9 Å². The molecule has 1 fully saturated rings. The Morgan fingerprint density at radius 1 is 0.974 bits per heavy atom. The van der Waals surface area contributed by atoms with Gasteiger partial charge in [-0.25, -0.2) is 17.2 Å². The van der Waals surface area contributed by atoms with Gasteiger partial charge in [0.2, 0.25) is 0 Å². The van der Waals surface area contributed by atoms with Gasteiger partial charge in [0.05, 0.1) is 5.52 Å². The van der Waals surface area contributed by atoms with Gasteiger partial charge in [-0.1, -0.05) is 24.3 Å². The first-order valence-electron chi connectivity index (χ1n) is 12.7. The number of pyridine rings is 1. The second-order valence-electron chi connectivity index (χ2n) is 9.61. The molecule has 7 nitrogen and oxygen atoms in total. The molecule has 1 atom stereocenters. The minimum atomic E-state index is -3.90. The van der Waals surface area contributed by atoms with Gasteiger partial charge in [-0.2, -0.15) is 0 Å². The highest BCUT2D eigenvalue weighted by atomic mass is 32.2. The lowest BCUT2D eigenvalue weighted by Crippen LogP contribution is -2.54. The molecule has 39 heavy (non-hydrogen) atoms. The van der Waals surface area contributed by atoms with E-state index in [1.54, 1.807) is 59.6 Å². The summed E-state index contributed by atoms with van der Waals surface area (Å²) >= 11 is 0. The van der Waals surface area contributed by atoms with Crippen LogP contribution in [0.4, 0.5) is 14.5 Å². The van der Waals surface area contributed by atoms with Gasteiger partial charge in [0.1, 0.15) is 16.5 Å². The first-order valence-corrected chi connectivity index (χ1v) is 14.1. The first-order chi connectivity index (χ1) is 18.7. The maximum absolute atomic E-state index is 14.0. The van der Waals surface area contributed by atoms with E-state index in [0.717, 1.165) is 5.39 Å². The average Bonchev–Trinajstić information content (AvgIpc) is 2.92. The van der Waals surface area contributed by atoms with Crippen LogP contribution in [0, 0.1) is 11.6 Å². The third-order valence-corrected chi connectivity index (χ3v) is 8.39. The Hall–Kier alpha value is -3.89. The molecule has 0 bridgehead atoms. The Balaban J connectivity index is 1.21. The van der Waals surface area contributed by atoms with Crippen LogP contribution in [-0.2, 0) is 16.4 Å². The van der Waals surface area contributed by atoms with E-state index in [-0.39, 0.29) is 28.8 Å². The fourth-order valence-electron chi connectivity index (χ4n) is 4.93. The normalized spacial score (nSPS) is 16.4. The number of nitrogens with one attached hydrogen (secondary N) is 1. The molecule has 3 aromatic carbocycles. The van der Waals surface area contributed by atoms with E-state index in [9.17, 15) is 22.0 Å². The van der Waals surface area contributed by atoms with Crippen molar-refractivity contribution in [3.05, 3.63) is 102 Å². The zero-order valence-electron chi connectivity index (χ0n) is 21.3. The molecule has 10 heteroatoms. The number of aromatic nitrogens is 1. The summed E-state index contributed by atoms with van der Waals surface area (Å²) in [4.78, 5) is 21.4. The molecule has 1 amide bonds. The Labute approximate surface area is 226 Å². The number of sulfonamides is 1. The number of rotatable bonds is 7. The molecular weight excluding hydrogens is 522 g/mol. The zero-order valence-corrected chi connectivity index (χ0v) is 22.2. The van der Waals surface area contributed by atoms with E-state index in [4.69, 9.17) is 0 Å². The van der Waals surface area contributed by atoms with Gasteiger partial charge in [0.25, 0.3) is 15.9 Å². The van der Waals surface area contributed by atoms with E-state index in [2.05, 4.69) is 14.6 Å². The van der Waals surface area contributed by atoms with Crippen molar-refractivity contribution >= 4 is 32.5 Å². The van der Waals surface area contributed by atoms with Crippen LogP contribution in [0.3, 0.4) is 0 Å². The highest BCUT2D eigenvalue weighted by Crippen LogP contribution is 2.24. The van der Waals surface area contributed by atoms with Crippen molar-refractivity contribution in [1.82, 2.24) is 14.8 Å². The lowest BCUT2D eigenvalue weighted by Gasteiger charge is -2.40. The predicted molar refractivity (Wildman–Crippen MR) is 146 cm³/mol. The van der Waals surface area contributed by atoms with Crippen molar-refractivity contribution in [2.45, 2.75) is 24.3 Å². The van der Waals surface area contributed by atoms with Gasteiger partial charge in [0, 0.05) is 60.6 Å². The van der Waals surface area contributed by atoms with E-state index >= 15 is 0 Å². The number of halogens is 2. The van der Waals surface area contributed by atoms with E-state index < -0.39 is 21.7 Å². The van der Waals surface area contributed by atoms with Crippen LogP contribution in [0.15, 0.2) is 83.9 Å². The minimum Gasteiger partial charge on any atom is -0.333 e. The van der Waals surface area contributed by atoms with E-state index in [1.807, 2.05) is 6.92 Å². The topological polar surface area (TPSA) is 82.6 Å². The molecule has 0 unspecified atom stereocenters. The average molecular weight is 551 g/mol. The monoisotopic (exact) mass is 550 g/mol. The molecule has 1 saturated heterocycles. The van der Waals surface area contributed by atoms with Gasteiger partial charge >= 0.3 is 0 Å². The van der Waals surface area contributed by atoms with Gasteiger partial charge in [-0.15, -0.1) is 0 Å². The molecular formula is C29H28F2N4O3S. The summed E-state index contributed by atoms with van der Waals surface area (Å²) in [6, 6.07) is 18.6. The standard InChI is InChI=1S/C29H28F2N4O3S/c1-20-19-34(16-14-24-25(30)7-3-8-26(24)31)17-18-35(20)29(36)22-10-12-23(13-11-22)33-39(37,38)27-9-2-5-21-6-4-15-32-28(21)27/h2-13,15,20,33H,14,16-19H2,1H3/t20-/m1/s1. The second kappa shape index (κ2) is 11.1. The number of amides is 1. The van der Waals surface area contributed by atoms with E-state index in [1.165, 1.54) is 24.3 Å². The Bertz CT molecular complexity index is 1590. The third-order valence-electron chi connectivity index (χ3n) is 6.98. The first kappa shape index (κ1) is 26.7. The Morgan fingerprint density at radius 3 is 2.38 bits per heavy atom. The van der Waals surface area contributed by atoms with Crippen molar-refractivity contribution in [2.24, 2.45) is 0 Å². The smallest absolute Gasteiger partial charge is 0.264 e.